The lowest BCUT2D eigenvalue weighted by molar-refractivity contribution is -0.121. The van der Waals surface area contributed by atoms with Gasteiger partial charge in [0.15, 0.2) is 0 Å². The molecule has 2 aromatic carbocycles. The second kappa shape index (κ2) is 9.50. The van der Waals surface area contributed by atoms with E-state index in [1.807, 2.05) is 48.5 Å². The van der Waals surface area contributed by atoms with Crippen molar-refractivity contribution in [3.63, 3.8) is 0 Å². The van der Waals surface area contributed by atoms with Gasteiger partial charge in [0.1, 0.15) is 0 Å². The Morgan fingerprint density at radius 1 is 0.958 bits per heavy atom. The van der Waals surface area contributed by atoms with Crippen LogP contribution in [-0.2, 0) is 4.79 Å². The summed E-state index contributed by atoms with van der Waals surface area (Å²) in [6.07, 6.45) is 2.22. The first-order valence-corrected chi connectivity index (χ1v) is 8.38. The van der Waals surface area contributed by atoms with Crippen LogP contribution in [0.4, 0.5) is 0 Å². The maximum Gasteiger partial charge on any atom is 0.251 e. The molecule has 0 spiro atoms. The van der Waals surface area contributed by atoms with Crippen LogP contribution in [0.5, 0.6) is 0 Å². The minimum absolute atomic E-state index is 0.0503. The Balaban J connectivity index is 2.06. The van der Waals surface area contributed by atoms with E-state index in [4.69, 9.17) is 0 Å². The zero-order chi connectivity index (χ0) is 17.2. The molecule has 0 bridgehead atoms. The second-order valence-electron chi connectivity index (χ2n) is 5.71. The van der Waals surface area contributed by atoms with E-state index in [1.54, 1.807) is 12.1 Å². The molecule has 0 aliphatic heterocycles. The predicted molar refractivity (Wildman–Crippen MR) is 95.6 cm³/mol. The minimum atomic E-state index is -0.347. The van der Waals surface area contributed by atoms with Gasteiger partial charge in [0.25, 0.3) is 5.91 Å². The summed E-state index contributed by atoms with van der Waals surface area (Å²) in [5.74, 6) is -0.225. The van der Waals surface area contributed by atoms with Gasteiger partial charge < -0.3 is 10.6 Å². The molecule has 0 aliphatic carbocycles. The highest BCUT2D eigenvalue weighted by atomic mass is 16.2. The van der Waals surface area contributed by atoms with Crippen molar-refractivity contribution < 1.29 is 9.59 Å². The molecular weight excluding hydrogens is 300 g/mol. The molecule has 2 aromatic rings. The molecule has 4 heteroatoms. The van der Waals surface area contributed by atoms with Crippen LogP contribution in [0.15, 0.2) is 60.7 Å². The van der Waals surface area contributed by atoms with Crippen LogP contribution in [0.2, 0.25) is 0 Å². The summed E-state index contributed by atoms with van der Waals surface area (Å²) in [7, 11) is 0. The van der Waals surface area contributed by atoms with Gasteiger partial charge in [-0.3, -0.25) is 9.59 Å². The fourth-order valence-electron chi connectivity index (χ4n) is 2.43. The summed E-state index contributed by atoms with van der Waals surface area (Å²) in [5.41, 5.74) is 1.51. The molecule has 1 unspecified atom stereocenters. The highest BCUT2D eigenvalue weighted by Gasteiger charge is 2.18. The lowest BCUT2D eigenvalue weighted by Gasteiger charge is -2.19. The highest BCUT2D eigenvalue weighted by molar-refractivity contribution is 5.94. The predicted octanol–water partition coefficient (Wildman–Crippen LogP) is 3.46. The van der Waals surface area contributed by atoms with Crippen molar-refractivity contribution in [3.05, 3.63) is 71.8 Å². The third-order valence-corrected chi connectivity index (χ3v) is 3.79. The maximum absolute atomic E-state index is 12.4. The van der Waals surface area contributed by atoms with Crippen LogP contribution in [-0.4, -0.2) is 18.4 Å². The van der Waals surface area contributed by atoms with E-state index < -0.39 is 0 Å². The fourth-order valence-corrected chi connectivity index (χ4v) is 2.43. The van der Waals surface area contributed by atoms with Gasteiger partial charge in [0, 0.05) is 12.1 Å². The van der Waals surface area contributed by atoms with Gasteiger partial charge in [-0.15, -0.1) is 0 Å². The van der Waals surface area contributed by atoms with Crippen molar-refractivity contribution in [3.8, 4) is 0 Å². The van der Waals surface area contributed by atoms with Gasteiger partial charge in [0.05, 0.1) is 12.5 Å². The van der Waals surface area contributed by atoms with Gasteiger partial charge in [-0.1, -0.05) is 61.9 Å². The van der Waals surface area contributed by atoms with Crippen molar-refractivity contribution in [2.75, 3.05) is 6.54 Å². The molecule has 24 heavy (non-hydrogen) atoms. The molecule has 2 N–H and O–H groups in total. The summed E-state index contributed by atoms with van der Waals surface area (Å²) in [6, 6.07) is 18.3. The number of hydrogen-bond acceptors (Lipinski definition) is 2. The number of unbranched alkanes of at least 4 members (excludes halogenated alkanes) is 1. The molecule has 0 fully saturated rings. The van der Waals surface area contributed by atoms with E-state index in [1.165, 1.54) is 0 Å². The zero-order valence-electron chi connectivity index (χ0n) is 14.0. The van der Waals surface area contributed by atoms with E-state index in [-0.39, 0.29) is 24.3 Å². The smallest absolute Gasteiger partial charge is 0.251 e. The van der Waals surface area contributed by atoms with E-state index >= 15 is 0 Å². The number of nitrogens with one attached hydrogen (secondary N) is 2. The highest BCUT2D eigenvalue weighted by Crippen LogP contribution is 2.17. The molecule has 2 rings (SSSR count). The topological polar surface area (TPSA) is 58.2 Å². The normalized spacial score (nSPS) is 11.5. The summed E-state index contributed by atoms with van der Waals surface area (Å²) in [6.45, 7) is 2.75. The minimum Gasteiger partial charge on any atom is -0.356 e. The van der Waals surface area contributed by atoms with Crippen LogP contribution in [0.25, 0.3) is 0 Å². The average molecular weight is 324 g/mol. The van der Waals surface area contributed by atoms with Crippen molar-refractivity contribution in [1.29, 1.82) is 0 Å². The molecule has 0 radical (unpaired) electrons. The number of carbonyl (C=O) groups is 2. The number of rotatable bonds is 8. The molecule has 4 nitrogen and oxygen atoms in total. The standard InChI is InChI=1S/C20H24N2O2/c1-2-3-14-21-19(23)15-18(16-10-6-4-7-11-16)22-20(24)17-12-8-5-9-13-17/h4-13,18H,2-3,14-15H2,1H3,(H,21,23)(H,22,24). The van der Waals surface area contributed by atoms with Gasteiger partial charge >= 0.3 is 0 Å². The summed E-state index contributed by atoms with van der Waals surface area (Å²) in [5, 5.41) is 5.88. The van der Waals surface area contributed by atoms with Gasteiger partial charge in [0.2, 0.25) is 5.91 Å². The third kappa shape index (κ3) is 5.54. The van der Waals surface area contributed by atoms with E-state index in [2.05, 4.69) is 17.6 Å². The van der Waals surface area contributed by atoms with E-state index in [9.17, 15) is 9.59 Å². The Kier molecular flexibility index (Phi) is 7.02. The molecule has 126 valence electrons. The molecule has 1 atom stereocenters. The second-order valence-corrected chi connectivity index (χ2v) is 5.71. The first kappa shape index (κ1) is 17.7. The summed E-state index contributed by atoms with van der Waals surface area (Å²) < 4.78 is 0. The fraction of sp³-hybridized carbons (Fsp3) is 0.300. The Hall–Kier alpha value is -2.62. The number of carbonyl (C=O) groups excluding carboxylic acids is 2. The third-order valence-electron chi connectivity index (χ3n) is 3.79. The lowest BCUT2D eigenvalue weighted by atomic mass is 10.0. The first-order valence-electron chi connectivity index (χ1n) is 8.38. The van der Waals surface area contributed by atoms with E-state index in [0.717, 1.165) is 18.4 Å². The summed E-state index contributed by atoms with van der Waals surface area (Å²) in [4.78, 5) is 24.6. The Morgan fingerprint density at radius 2 is 1.58 bits per heavy atom. The summed E-state index contributed by atoms with van der Waals surface area (Å²) >= 11 is 0. The quantitative estimate of drug-likeness (QED) is 0.731. The Morgan fingerprint density at radius 3 is 2.21 bits per heavy atom. The Labute approximate surface area is 143 Å². The molecule has 0 saturated heterocycles. The SMILES string of the molecule is CCCCNC(=O)CC(NC(=O)c1ccccc1)c1ccccc1. The van der Waals surface area contributed by atoms with Crippen molar-refractivity contribution in [1.82, 2.24) is 10.6 Å². The lowest BCUT2D eigenvalue weighted by Crippen LogP contribution is -2.34. The zero-order valence-corrected chi connectivity index (χ0v) is 14.0. The first-order chi connectivity index (χ1) is 11.7. The van der Waals surface area contributed by atoms with Gasteiger partial charge in [-0.2, -0.15) is 0 Å². The number of hydrogen-bond donors (Lipinski definition) is 2. The van der Waals surface area contributed by atoms with Crippen LogP contribution < -0.4 is 10.6 Å². The van der Waals surface area contributed by atoms with Crippen LogP contribution in [0.3, 0.4) is 0 Å². The molecule has 0 aliphatic rings. The molecule has 0 saturated carbocycles. The molecule has 0 aromatic heterocycles. The van der Waals surface area contributed by atoms with Crippen molar-refractivity contribution >= 4 is 11.8 Å². The van der Waals surface area contributed by atoms with Crippen LogP contribution in [0.1, 0.15) is 48.1 Å². The maximum atomic E-state index is 12.4. The average Bonchev–Trinajstić information content (AvgIpc) is 2.63. The largest absolute Gasteiger partial charge is 0.356 e. The number of amides is 2. The molecule has 2 amide bonds. The Bertz CT molecular complexity index is 641. The molecule has 0 heterocycles. The van der Waals surface area contributed by atoms with Crippen LogP contribution in [0, 0.1) is 0 Å². The van der Waals surface area contributed by atoms with Crippen molar-refractivity contribution in [2.45, 2.75) is 32.2 Å². The number of benzene rings is 2. The van der Waals surface area contributed by atoms with Crippen molar-refractivity contribution in [2.24, 2.45) is 0 Å². The monoisotopic (exact) mass is 324 g/mol. The van der Waals surface area contributed by atoms with Gasteiger partial charge in [-0.05, 0) is 24.1 Å². The van der Waals surface area contributed by atoms with Crippen LogP contribution >= 0.6 is 0 Å². The van der Waals surface area contributed by atoms with Gasteiger partial charge in [-0.25, -0.2) is 0 Å². The van der Waals surface area contributed by atoms with E-state index in [0.29, 0.717) is 12.1 Å². The molecular formula is C20H24N2O2.